The largest absolute Gasteiger partial charge is 0.334 e. The van der Waals surface area contributed by atoms with Gasteiger partial charge in [0.05, 0.1) is 9.21 Å². The van der Waals surface area contributed by atoms with Crippen molar-refractivity contribution in [3.63, 3.8) is 0 Å². The summed E-state index contributed by atoms with van der Waals surface area (Å²) in [5.74, 6) is 0.133. The minimum Gasteiger partial charge on any atom is -0.334 e. The van der Waals surface area contributed by atoms with Crippen LogP contribution in [0.3, 0.4) is 0 Å². The van der Waals surface area contributed by atoms with Gasteiger partial charge in [0.2, 0.25) is 0 Å². The van der Waals surface area contributed by atoms with E-state index in [1.54, 1.807) is 6.07 Å². The smallest absolute Gasteiger partial charge is 0.264 e. The van der Waals surface area contributed by atoms with Gasteiger partial charge < -0.3 is 4.90 Å². The minimum absolute atomic E-state index is 0.133. The highest BCUT2D eigenvalue weighted by atomic mass is 79.9. The van der Waals surface area contributed by atoms with Gasteiger partial charge in [-0.25, -0.2) is 0 Å². The molecule has 0 N–H and O–H groups in total. The van der Waals surface area contributed by atoms with Crippen molar-refractivity contribution in [2.75, 3.05) is 11.9 Å². The lowest BCUT2D eigenvalue weighted by Gasteiger charge is -2.27. The number of carbonyl (C=O) groups is 1. The zero-order valence-corrected chi connectivity index (χ0v) is 12.7. The highest BCUT2D eigenvalue weighted by Crippen LogP contribution is 2.28. The molecule has 0 atom stereocenters. The summed E-state index contributed by atoms with van der Waals surface area (Å²) < 4.78 is 0.679. The van der Waals surface area contributed by atoms with E-state index in [1.807, 2.05) is 11.0 Å². The summed E-state index contributed by atoms with van der Waals surface area (Å²) in [6.07, 6.45) is 4.75. The van der Waals surface area contributed by atoms with E-state index < -0.39 is 0 Å². The molecule has 0 aromatic carbocycles. The van der Waals surface area contributed by atoms with Crippen LogP contribution in [0.4, 0.5) is 0 Å². The summed E-state index contributed by atoms with van der Waals surface area (Å²) in [5, 5.41) is 0.828. The average molecular weight is 337 g/mol. The van der Waals surface area contributed by atoms with E-state index in [9.17, 15) is 4.79 Å². The van der Waals surface area contributed by atoms with E-state index in [1.165, 1.54) is 24.2 Å². The molecule has 5 heteroatoms. The van der Waals surface area contributed by atoms with Crippen molar-refractivity contribution in [2.45, 2.75) is 31.7 Å². The molecule has 0 radical (unpaired) electrons. The van der Waals surface area contributed by atoms with Gasteiger partial charge in [0, 0.05) is 17.9 Å². The van der Waals surface area contributed by atoms with E-state index in [0.29, 0.717) is 10.4 Å². The van der Waals surface area contributed by atoms with Gasteiger partial charge in [-0.3, -0.25) is 4.79 Å². The normalized spacial score (nSPS) is 16.4. The number of hydrogen-bond donors (Lipinski definition) is 0. The maximum atomic E-state index is 12.4. The molecule has 2 rings (SSSR count). The van der Waals surface area contributed by atoms with E-state index in [-0.39, 0.29) is 5.91 Å². The molecule has 1 aliphatic carbocycles. The van der Waals surface area contributed by atoms with E-state index in [4.69, 9.17) is 11.6 Å². The number of alkyl halides is 1. The Kier molecular flexibility index (Phi) is 4.88. The first-order chi connectivity index (χ1) is 8.22. The number of carbonyl (C=O) groups excluding carboxylic acids is 1. The SMILES string of the molecule is O=C(c1ccc(Cl)s1)N(CCBr)C1CCCC1. The summed E-state index contributed by atoms with van der Waals surface area (Å²) in [4.78, 5) is 15.1. The highest BCUT2D eigenvalue weighted by Gasteiger charge is 2.27. The number of hydrogen-bond acceptors (Lipinski definition) is 2. The third kappa shape index (κ3) is 3.24. The van der Waals surface area contributed by atoms with Crippen LogP contribution in [0.15, 0.2) is 12.1 Å². The van der Waals surface area contributed by atoms with Crippen LogP contribution in [0.25, 0.3) is 0 Å². The molecule has 0 unspecified atom stereocenters. The van der Waals surface area contributed by atoms with Crippen molar-refractivity contribution in [3.05, 3.63) is 21.3 Å². The second kappa shape index (κ2) is 6.21. The Morgan fingerprint density at radius 2 is 2.18 bits per heavy atom. The lowest BCUT2D eigenvalue weighted by Crippen LogP contribution is -2.39. The van der Waals surface area contributed by atoms with Gasteiger partial charge in [0.25, 0.3) is 5.91 Å². The van der Waals surface area contributed by atoms with Gasteiger partial charge in [-0.15, -0.1) is 11.3 Å². The molecule has 94 valence electrons. The van der Waals surface area contributed by atoms with Gasteiger partial charge in [-0.2, -0.15) is 0 Å². The van der Waals surface area contributed by atoms with Crippen LogP contribution >= 0.6 is 38.9 Å². The first kappa shape index (κ1) is 13.4. The third-order valence-corrected chi connectivity index (χ3v) is 4.71. The summed E-state index contributed by atoms with van der Waals surface area (Å²) in [7, 11) is 0. The molecule has 2 nitrogen and oxygen atoms in total. The molecule has 0 bridgehead atoms. The number of nitrogens with zero attached hydrogens (tertiary/aromatic N) is 1. The molecular weight excluding hydrogens is 322 g/mol. The molecule has 1 aromatic heterocycles. The zero-order chi connectivity index (χ0) is 12.3. The highest BCUT2D eigenvalue weighted by molar-refractivity contribution is 9.09. The van der Waals surface area contributed by atoms with Crippen molar-refractivity contribution in [1.82, 2.24) is 4.90 Å². The van der Waals surface area contributed by atoms with Crippen molar-refractivity contribution in [2.24, 2.45) is 0 Å². The van der Waals surface area contributed by atoms with Crippen molar-refractivity contribution >= 4 is 44.8 Å². The Hall–Kier alpha value is -0.0600. The third-order valence-electron chi connectivity index (χ3n) is 3.14. The van der Waals surface area contributed by atoms with Crippen LogP contribution in [0.5, 0.6) is 0 Å². The Morgan fingerprint density at radius 1 is 1.47 bits per heavy atom. The lowest BCUT2D eigenvalue weighted by molar-refractivity contribution is 0.0701. The van der Waals surface area contributed by atoms with E-state index >= 15 is 0 Å². The monoisotopic (exact) mass is 335 g/mol. The summed E-state index contributed by atoms with van der Waals surface area (Å²) in [5.41, 5.74) is 0. The second-order valence-corrected chi connectivity index (χ2v) is 6.74. The quantitative estimate of drug-likeness (QED) is 0.755. The molecule has 17 heavy (non-hydrogen) atoms. The van der Waals surface area contributed by atoms with Gasteiger partial charge in [0.1, 0.15) is 0 Å². The van der Waals surface area contributed by atoms with Gasteiger partial charge >= 0.3 is 0 Å². The maximum Gasteiger partial charge on any atom is 0.264 e. The maximum absolute atomic E-state index is 12.4. The number of amides is 1. The predicted octanol–water partition coefficient (Wildman–Crippen LogP) is 4.18. The number of thiophene rings is 1. The Balaban J connectivity index is 2.12. The minimum atomic E-state index is 0.133. The Labute approximate surface area is 119 Å². The van der Waals surface area contributed by atoms with Crippen molar-refractivity contribution < 1.29 is 4.79 Å². The van der Waals surface area contributed by atoms with Crippen molar-refractivity contribution in [3.8, 4) is 0 Å². The van der Waals surface area contributed by atoms with Crippen molar-refractivity contribution in [1.29, 1.82) is 0 Å². The van der Waals surface area contributed by atoms with Gasteiger partial charge in [-0.05, 0) is 25.0 Å². The predicted molar refractivity (Wildman–Crippen MR) is 76.4 cm³/mol. The van der Waals surface area contributed by atoms with Crippen LogP contribution < -0.4 is 0 Å². The molecule has 1 heterocycles. The van der Waals surface area contributed by atoms with Crippen LogP contribution in [0.1, 0.15) is 35.4 Å². The van der Waals surface area contributed by atoms with Crippen LogP contribution in [-0.2, 0) is 0 Å². The fourth-order valence-corrected chi connectivity index (χ4v) is 3.71. The zero-order valence-electron chi connectivity index (χ0n) is 9.49. The lowest BCUT2D eigenvalue weighted by atomic mass is 10.2. The Morgan fingerprint density at radius 3 is 2.71 bits per heavy atom. The first-order valence-electron chi connectivity index (χ1n) is 5.84. The molecule has 1 saturated carbocycles. The topological polar surface area (TPSA) is 20.3 Å². The molecule has 1 fully saturated rings. The standard InChI is InChI=1S/C12H15BrClNOS/c13-7-8-15(9-3-1-2-4-9)12(16)10-5-6-11(14)17-10/h5-6,9H,1-4,7-8H2. The number of halogens is 2. The van der Waals surface area contributed by atoms with Gasteiger partial charge in [0.15, 0.2) is 0 Å². The molecule has 0 spiro atoms. The molecule has 1 aromatic rings. The molecule has 0 saturated heterocycles. The van der Waals surface area contributed by atoms with Crippen LogP contribution in [-0.4, -0.2) is 28.7 Å². The number of rotatable bonds is 4. The van der Waals surface area contributed by atoms with E-state index in [0.717, 1.165) is 29.6 Å². The molecule has 0 aliphatic heterocycles. The van der Waals surface area contributed by atoms with E-state index in [2.05, 4.69) is 15.9 Å². The van der Waals surface area contributed by atoms with Crippen LogP contribution in [0.2, 0.25) is 4.34 Å². The fraction of sp³-hybridized carbons (Fsp3) is 0.583. The summed E-state index contributed by atoms with van der Waals surface area (Å²) in [6, 6.07) is 4.03. The second-order valence-electron chi connectivity index (χ2n) is 4.23. The summed E-state index contributed by atoms with van der Waals surface area (Å²) in [6.45, 7) is 0.777. The first-order valence-corrected chi connectivity index (χ1v) is 8.16. The molecular formula is C12H15BrClNOS. The van der Waals surface area contributed by atoms with Gasteiger partial charge in [-0.1, -0.05) is 40.4 Å². The van der Waals surface area contributed by atoms with Crippen LogP contribution in [0, 0.1) is 0 Å². The fourth-order valence-electron chi connectivity index (χ4n) is 2.33. The molecule has 1 amide bonds. The summed E-state index contributed by atoms with van der Waals surface area (Å²) >= 11 is 10.7. The molecule has 1 aliphatic rings. The average Bonchev–Trinajstić information content (AvgIpc) is 2.95. The Bertz CT molecular complexity index is 390.